The summed E-state index contributed by atoms with van der Waals surface area (Å²) in [7, 11) is 0. The number of nitro groups is 1. The summed E-state index contributed by atoms with van der Waals surface area (Å²) in [6.07, 6.45) is 2.94. The predicted molar refractivity (Wildman–Crippen MR) is 51.6 cm³/mol. The molecule has 0 spiro atoms. The number of carbonyl (C=O) groups excluding carboxylic acids is 2. The van der Waals surface area contributed by atoms with Gasteiger partial charge in [-0.05, 0) is 12.8 Å². The lowest BCUT2D eigenvalue weighted by Crippen LogP contribution is -2.38. The molecular weight excluding hydrogens is 200 g/mol. The van der Waals surface area contributed by atoms with E-state index in [-0.39, 0.29) is 31.2 Å². The van der Waals surface area contributed by atoms with E-state index in [9.17, 15) is 19.7 Å². The molecule has 0 atom stereocenters. The molecule has 1 N–H and O–H groups in total. The Morgan fingerprint density at radius 1 is 1.40 bits per heavy atom. The van der Waals surface area contributed by atoms with Gasteiger partial charge in [-0.25, -0.2) is 0 Å². The van der Waals surface area contributed by atoms with Crippen LogP contribution in [0.25, 0.3) is 0 Å². The first-order valence-electron chi connectivity index (χ1n) is 5.05. The summed E-state index contributed by atoms with van der Waals surface area (Å²) in [6, 6.07) is 0. The Labute approximate surface area is 87.2 Å². The van der Waals surface area contributed by atoms with Crippen LogP contribution < -0.4 is 5.32 Å². The van der Waals surface area contributed by atoms with Gasteiger partial charge in [0.05, 0.1) is 0 Å². The maximum absolute atomic E-state index is 11.3. The van der Waals surface area contributed by atoms with Crippen LogP contribution >= 0.6 is 0 Å². The molecule has 1 aliphatic rings. The second-order valence-corrected chi connectivity index (χ2v) is 3.70. The third-order valence-corrected chi connectivity index (χ3v) is 2.48. The number of carbonyl (C=O) groups is 2. The number of hydrogen-bond donors (Lipinski definition) is 1. The average molecular weight is 214 g/mol. The van der Waals surface area contributed by atoms with Crippen LogP contribution in [0, 0.1) is 16.0 Å². The molecule has 0 aromatic carbocycles. The van der Waals surface area contributed by atoms with Gasteiger partial charge in [0, 0.05) is 23.7 Å². The highest BCUT2D eigenvalue weighted by Crippen LogP contribution is 2.26. The number of imide groups is 1. The number of hydrogen-bond acceptors (Lipinski definition) is 4. The minimum Gasteiger partial charge on any atom is -0.296 e. The van der Waals surface area contributed by atoms with Crippen LogP contribution in [-0.4, -0.2) is 23.3 Å². The monoisotopic (exact) mass is 214 g/mol. The van der Waals surface area contributed by atoms with Crippen molar-refractivity contribution in [3.05, 3.63) is 10.1 Å². The summed E-state index contributed by atoms with van der Waals surface area (Å²) in [5.41, 5.74) is 0. The van der Waals surface area contributed by atoms with Crippen LogP contribution in [0.15, 0.2) is 0 Å². The fourth-order valence-corrected chi connectivity index (χ4v) is 1.34. The molecule has 15 heavy (non-hydrogen) atoms. The van der Waals surface area contributed by atoms with Crippen molar-refractivity contribution in [2.75, 3.05) is 6.54 Å². The van der Waals surface area contributed by atoms with E-state index in [1.807, 2.05) is 0 Å². The molecule has 0 saturated heterocycles. The maximum Gasteiger partial charge on any atom is 0.229 e. The zero-order valence-electron chi connectivity index (χ0n) is 8.40. The van der Waals surface area contributed by atoms with E-state index in [0.29, 0.717) is 0 Å². The van der Waals surface area contributed by atoms with E-state index in [4.69, 9.17) is 0 Å². The lowest BCUT2D eigenvalue weighted by molar-refractivity contribution is -0.480. The quantitative estimate of drug-likeness (QED) is 0.532. The molecule has 1 saturated carbocycles. The highest BCUT2D eigenvalue weighted by atomic mass is 16.6. The van der Waals surface area contributed by atoms with Gasteiger partial charge in [-0.1, -0.05) is 6.42 Å². The molecule has 6 nitrogen and oxygen atoms in total. The predicted octanol–water partition coefficient (Wildman–Crippen LogP) is 0.486. The van der Waals surface area contributed by atoms with Crippen molar-refractivity contribution in [3.8, 4) is 0 Å². The molecule has 6 heteroatoms. The van der Waals surface area contributed by atoms with Crippen LogP contribution in [-0.2, 0) is 9.59 Å². The molecule has 84 valence electrons. The molecule has 2 amide bonds. The molecule has 0 aliphatic heterocycles. The van der Waals surface area contributed by atoms with E-state index >= 15 is 0 Å². The topological polar surface area (TPSA) is 89.3 Å². The molecule has 1 aliphatic carbocycles. The summed E-state index contributed by atoms with van der Waals surface area (Å²) in [4.78, 5) is 31.9. The van der Waals surface area contributed by atoms with Gasteiger partial charge in [0.1, 0.15) is 0 Å². The third-order valence-electron chi connectivity index (χ3n) is 2.48. The van der Waals surface area contributed by atoms with Gasteiger partial charge in [-0.15, -0.1) is 0 Å². The van der Waals surface area contributed by atoms with E-state index in [2.05, 4.69) is 5.32 Å². The molecule has 1 fully saturated rings. The first-order chi connectivity index (χ1) is 7.09. The standard InChI is InChI=1S/C9H14N2O4/c12-8(5-2-6-11(14)15)10-9(13)7-3-1-4-7/h7H,1-6H2,(H,10,12,13). The molecule has 0 aromatic heterocycles. The number of nitrogens with one attached hydrogen (secondary N) is 1. The third kappa shape index (κ3) is 4.05. The smallest absolute Gasteiger partial charge is 0.229 e. The Hall–Kier alpha value is -1.46. The van der Waals surface area contributed by atoms with Crippen molar-refractivity contribution in [2.24, 2.45) is 5.92 Å². The van der Waals surface area contributed by atoms with Gasteiger partial charge in [-0.2, -0.15) is 0 Å². The van der Waals surface area contributed by atoms with Gasteiger partial charge < -0.3 is 0 Å². The Kier molecular flexibility index (Phi) is 4.20. The van der Waals surface area contributed by atoms with E-state index < -0.39 is 10.8 Å². The highest BCUT2D eigenvalue weighted by molar-refractivity contribution is 5.96. The molecule has 0 heterocycles. The lowest BCUT2D eigenvalue weighted by Gasteiger charge is -2.23. The highest BCUT2D eigenvalue weighted by Gasteiger charge is 2.26. The van der Waals surface area contributed by atoms with Crippen LogP contribution in [0.1, 0.15) is 32.1 Å². The van der Waals surface area contributed by atoms with E-state index in [0.717, 1.165) is 19.3 Å². The van der Waals surface area contributed by atoms with Crippen molar-refractivity contribution in [1.82, 2.24) is 5.32 Å². The fraction of sp³-hybridized carbons (Fsp3) is 0.778. The molecule has 0 bridgehead atoms. The summed E-state index contributed by atoms with van der Waals surface area (Å²) >= 11 is 0. The maximum atomic E-state index is 11.3. The number of amides is 2. The van der Waals surface area contributed by atoms with E-state index in [1.165, 1.54) is 0 Å². The Morgan fingerprint density at radius 2 is 2.07 bits per heavy atom. The Bertz CT molecular complexity index is 273. The summed E-state index contributed by atoms with van der Waals surface area (Å²) in [6.45, 7) is -0.231. The Balaban J connectivity index is 2.12. The van der Waals surface area contributed by atoms with Gasteiger partial charge in [0.25, 0.3) is 0 Å². The van der Waals surface area contributed by atoms with Crippen molar-refractivity contribution in [1.29, 1.82) is 0 Å². The molecule has 0 radical (unpaired) electrons. The van der Waals surface area contributed by atoms with E-state index in [1.54, 1.807) is 0 Å². The fourth-order valence-electron chi connectivity index (χ4n) is 1.34. The zero-order chi connectivity index (χ0) is 11.3. The first-order valence-corrected chi connectivity index (χ1v) is 5.05. The minimum atomic E-state index is -0.471. The Morgan fingerprint density at radius 3 is 2.53 bits per heavy atom. The number of nitrogens with zero attached hydrogens (tertiary/aromatic N) is 1. The second kappa shape index (κ2) is 5.43. The minimum absolute atomic E-state index is 0.0236. The summed E-state index contributed by atoms with van der Waals surface area (Å²) in [5, 5.41) is 12.2. The summed E-state index contributed by atoms with van der Waals surface area (Å²) < 4.78 is 0. The second-order valence-electron chi connectivity index (χ2n) is 3.70. The molecule has 1 rings (SSSR count). The van der Waals surface area contributed by atoms with Crippen molar-refractivity contribution in [3.63, 3.8) is 0 Å². The van der Waals surface area contributed by atoms with Gasteiger partial charge in [0.2, 0.25) is 18.4 Å². The molecule has 0 aromatic rings. The largest absolute Gasteiger partial charge is 0.296 e. The van der Waals surface area contributed by atoms with Gasteiger partial charge in [-0.3, -0.25) is 25.0 Å². The SMILES string of the molecule is O=C(CCC[N+](=O)[O-])NC(=O)C1CCC1. The van der Waals surface area contributed by atoms with Crippen LogP contribution in [0.5, 0.6) is 0 Å². The van der Waals surface area contributed by atoms with Gasteiger partial charge >= 0.3 is 0 Å². The van der Waals surface area contributed by atoms with Crippen molar-refractivity contribution in [2.45, 2.75) is 32.1 Å². The molecular formula is C9H14N2O4. The summed E-state index contributed by atoms with van der Waals surface area (Å²) in [5.74, 6) is -0.662. The average Bonchev–Trinajstić information content (AvgIpc) is 1.98. The van der Waals surface area contributed by atoms with Crippen LogP contribution in [0.3, 0.4) is 0 Å². The zero-order valence-corrected chi connectivity index (χ0v) is 8.40. The lowest BCUT2D eigenvalue weighted by atomic mass is 9.85. The first kappa shape index (κ1) is 11.6. The van der Waals surface area contributed by atoms with Crippen molar-refractivity contribution < 1.29 is 14.5 Å². The van der Waals surface area contributed by atoms with Crippen LogP contribution in [0.4, 0.5) is 0 Å². The van der Waals surface area contributed by atoms with Crippen molar-refractivity contribution >= 4 is 11.8 Å². The number of rotatable bonds is 5. The normalized spacial score (nSPS) is 15.5. The van der Waals surface area contributed by atoms with Crippen LogP contribution in [0.2, 0.25) is 0 Å². The molecule has 0 unspecified atom stereocenters. The van der Waals surface area contributed by atoms with Gasteiger partial charge in [0.15, 0.2) is 0 Å².